The number of ether oxygens (including phenoxy) is 2. The summed E-state index contributed by atoms with van der Waals surface area (Å²) in [6.07, 6.45) is -16.6. The molecule has 3 heterocycles. The Kier molecular flexibility index (Phi) is 5.66. The summed E-state index contributed by atoms with van der Waals surface area (Å²) < 4.78 is 9.83. The van der Waals surface area contributed by atoms with E-state index < -0.39 is 86.6 Å². The van der Waals surface area contributed by atoms with Crippen molar-refractivity contribution >= 4 is 12.2 Å². The number of amides is 2. The molecule has 0 saturated carbocycles. The molecule has 14 heteroatoms. The molecule has 10 atom stereocenters. The van der Waals surface area contributed by atoms with Gasteiger partial charge in [-0.2, -0.15) is 0 Å². The van der Waals surface area contributed by atoms with Gasteiger partial charge in [-0.3, -0.25) is 9.80 Å². The van der Waals surface area contributed by atoms with Crippen LogP contribution in [0, 0.1) is 0 Å². The van der Waals surface area contributed by atoms with Crippen LogP contribution in [0.25, 0.3) is 0 Å². The molecule has 8 N–H and O–H groups in total. The molecular weight excluding hydrogens is 388 g/mol. The van der Waals surface area contributed by atoms with Gasteiger partial charge in [0.25, 0.3) is 0 Å². The number of aliphatic hydroxyl groups excluding tert-OH is 8. The smallest absolute Gasteiger partial charge is 0.412 e. The van der Waals surface area contributed by atoms with Crippen molar-refractivity contribution in [2.24, 2.45) is 0 Å². The Morgan fingerprint density at radius 2 is 1.07 bits per heavy atom. The van der Waals surface area contributed by atoms with Crippen LogP contribution in [0.4, 0.5) is 9.59 Å². The zero-order valence-electron chi connectivity index (χ0n) is 14.3. The molecule has 3 aliphatic rings. The normalized spacial score (nSPS) is 39.0. The Bertz CT molecular complexity index is 569. The Balaban J connectivity index is 1.93. The van der Waals surface area contributed by atoms with Crippen molar-refractivity contribution in [2.45, 2.75) is 61.2 Å². The van der Waals surface area contributed by atoms with Crippen LogP contribution in [-0.2, 0) is 9.47 Å². The van der Waals surface area contributed by atoms with Crippen LogP contribution in [-0.4, -0.2) is 137 Å². The molecule has 160 valence electrons. The van der Waals surface area contributed by atoms with E-state index in [1.54, 1.807) is 0 Å². The zero-order valence-corrected chi connectivity index (χ0v) is 14.3. The molecule has 0 aromatic heterocycles. The molecule has 0 aromatic rings. The summed E-state index contributed by atoms with van der Waals surface area (Å²) in [7, 11) is 0. The maximum Gasteiger partial charge on any atom is 0.412 e. The number of aliphatic hydroxyl groups is 8. The van der Waals surface area contributed by atoms with E-state index in [0.29, 0.717) is 9.80 Å². The maximum atomic E-state index is 12.2. The number of rotatable bonds is 6. The average molecular weight is 410 g/mol. The molecule has 3 saturated heterocycles. The van der Waals surface area contributed by atoms with Crippen LogP contribution in [0.15, 0.2) is 0 Å². The van der Waals surface area contributed by atoms with E-state index in [9.17, 15) is 40.2 Å². The van der Waals surface area contributed by atoms with Gasteiger partial charge in [0.2, 0.25) is 0 Å². The van der Waals surface area contributed by atoms with Gasteiger partial charge in [0.05, 0.1) is 13.2 Å². The second kappa shape index (κ2) is 7.57. The lowest BCUT2D eigenvalue weighted by Crippen LogP contribution is -2.71. The lowest BCUT2D eigenvalue weighted by molar-refractivity contribution is -0.180. The van der Waals surface area contributed by atoms with Crippen LogP contribution in [0.5, 0.6) is 0 Å². The van der Waals surface area contributed by atoms with Gasteiger partial charge in [-0.15, -0.1) is 0 Å². The summed E-state index contributed by atoms with van der Waals surface area (Å²) in [6.45, 7) is -1.77. The minimum Gasteiger partial charge on any atom is -0.441 e. The zero-order chi connectivity index (χ0) is 20.9. The fourth-order valence-electron chi connectivity index (χ4n) is 3.78. The van der Waals surface area contributed by atoms with E-state index in [1.807, 2.05) is 0 Å². The highest BCUT2D eigenvalue weighted by Gasteiger charge is 2.65. The predicted molar refractivity (Wildman–Crippen MR) is 82.0 cm³/mol. The van der Waals surface area contributed by atoms with Gasteiger partial charge >= 0.3 is 12.2 Å². The summed E-state index contributed by atoms with van der Waals surface area (Å²) in [5.74, 6) is 0. The van der Waals surface area contributed by atoms with Crippen molar-refractivity contribution in [2.75, 3.05) is 13.2 Å². The van der Waals surface area contributed by atoms with Gasteiger partial charge in [-0.1, -0.05) is 0 Å². The van der Waals surface area contributed by atoms with Crippen LogP contribution < -0.4 is 0 Å². The third kappa shape index (κ3) is 2.98. The van der Waals surface area contributed by atoms with Crippen LogP contribution in [0.2, 0.25) is 0 Å². The number of cyclic esters (lactones) is 2. The largest absolute Gasteiger partial charge is 0.441 e. The standard InChI is InChI=1S/C14H22N2O12/c17-1-3(19)7(21)9-5-11(23)16-6(12(24)15(5)13(25)27-9)10(28-14(16)26)8(22)4(20)2-18/h3-12,17-24H,1-2H2/t3-,4-,5-,6-,7-,8-,9-,10-,11-,12-/m1/s1. The molecule has 0 spiro atoms. The summed E-state index contributed by atoms with van der Waals surface area (Å²) in [5.41, 5.74) is 0. The van der Waals surface area contributed by atoms with E-state index in [4.69, 9.17) is 19.7 Å². The molecule has 0 bridgehead atoms. The fourth-order valence-corrected chi connectivity index (χ4v) is 3.78. The average Bonchev–Trinajstić information content (AvgIpc) is 3.21. The number of carbonyl (C=O) groups is 2. The van der Waals surface area contributed by atoms with Gasteiger partial charge in [-0.05, 0) is 0 Å². The molecule has 3 rings (SSSR count). The quantitative estimate of drug-likeness (QED) is 0.205. The second-order valence-electron chi connectivity index (χ2n) is 6.80. The van der Waals surface area contributed by atoms with Gasteiger partial charge in [0, 0.05) is 0 Å². The number of nitrogens with zero attached hydrogens (tertiary/aromatic N) is 2. The molecule has 3 aliphatic heterocycles. The fraction of sp³-hybridized carbons (Fsp3) is 0.857. The van der Waals surface area contributed by atoms with E-state index >= 15 is 0 Å². The predicted octanol–water partition coefficient (Wildman–Crippen LogP) is -5.56. The minimum absolute atomic E-state index is 0.608. The Morgan fingerprint density at radius 3 is 1.36 bits per heavy atom. The molecule has 0 unspecified atom stereocenters. The molecule has 3 fully saturated rings. The second-order valence-corrected chi connectivity index (χ2v) is 6.80. The number of hydrogen-bond donors (Lipinski definition) is 8. The van der Waals surface area contributed by atoms with E-state index in [2.05, 4.69) is 0 Å². The van der Waals surface area contributed by atoms with Gasteiger partial charge in [0.1, 0.15) is 36.5 Å². The topological polar surface area (TPSA) is 221 Å². The first-order chi connectivity index (χ1) is 13.1. The molecule has 0 aromatic carbocycles. The lowest BCUT2D eigenvalue weighted by atomic mass is 9.91. The van der Waals surface area contributed by atoms with Crippen molar-refractivity contribution in [1.82, 2.24) is 9.80 Å². The first-order valence-corrected chi connectivity index (χ1v) is 8.43. The molecule has 28 heavy (non-hydrogen) atoms. The van der Waals surface area contributed by atoms with E-state index in [-0.39, 0.29) is 0 Å². The number of piperazine rings is 1. The van der Waals surface area contributed by atoms with Gasteiger partial charge < -0.3 is 50.3 Å². The summed E-state index contributed by atoms with van der Waals surface area (Å²) in [4.78, 5) is 25.6. The Morgan fingerprint density at radius 1 is 0.750 bits per heavy atom. The number of carbonyl (C=O) groups excluding carboxylic acids is 2. The lowest BCUT2D eigenvalue weighted by Gasteiger charge is -2.46. The highest BCUT2D eigenvalue weighted by atomic mass is 16.6. The van der Waals surface area contributed by atoms with Crippen molar-refractivity contribution in [3.63, 3.8) is 0 Å². The maximum absolute atomic E-state index is 12.2. The summed E-state index contributed by atoms with van der Waals surface area (Å²) in [6, 6.07) is -3.05. The molecule has 0 aliphatic carbocycles. The summed E-state index contributed by atoms with van der Waals surface area (Å²) >= 11 is 0. The minimum atomic E-state index is -1.89. The van der Waals surface area contributed by atoms with Crippen molar-refractivity contribution in [3.8, 4) is 0 Å². The SMILES string of the molecule is O=C1O[C@@H]([C@H](O)[C@H](O)CO)[C@@H]2[C@@H](O)N3C(=O)O[C@@H]([C@H](O)[C@H](O)CO)[C@@H]3[C@@H](O)N12. The monoisotopic (exact) mass is 410 g/mol. The number of fused-ring (bicyclic) bond motifs is 2. The van der Waals surface area contributed by atoms with Gasteiger partial charge in [-0.25, -0.2) is 9.59 Å². The Hall–Kier alpha value is -1.78. The third-order valence-electron chi connectivity index (χ3n) is 5.23. The van der Waals surface area contributed by atoms with Crippen molar-refractivity contribution < 1.29 is 59.9 Å². The first kappa shape index (κ1) is 20.9. The van der Waals surface area contributed by atoms with Gasteiger partial charge in [0.15, 0.2) is 24.7 Å². The first-order valence-electron chi connectivity index (χ1n) is 8.43. The van der Waals surface area contributed by atoms with Crippen LogP contribution >= 0.6 is 0 Å². The third-order valence-corrected chi connectivity index (χ3v) is 5.23. The van der Waals surface area contributed by atoms with Crippen LogP contribution in [0.3, 0.4) is 0 Å². The molecule has 0 radical (unpaired) electrons. The van der Waals surface area contributed by atoms with Crippen molar-refractivity contribution in [3.05, 3.63) is 0 Å². The highest BCUT2D eigenvalue weighted by Crippen LogP contribution is 2.40. The molecule has 14 nitrogen and oxygen atoms in total. The number of hydrogen-bond acceptors (Lipinski definition) is 12. The molecular formula is C14H22N2O12. The van der Waals surface area contributed by atoms with Crippen molar-refractivity contribution in [1.29, 1.82) is 0 Å². The highest BCUT2D eigenvalue weighted by molar-refractivity contribution is 5.75. The molecule has 2 amide bonds. The Labute approximate surface area is 157 Å². The summed E-state index contributed by atoms with van der Waals surface area (Å²) in [5, 5.41) is 78.6. The van der Waals surface area contributed by atoms with E-state index in [0.717, 1.165) is 0 Å². The van der Waals surface area contributed by atoms with E-state index in [1.165, 1.54) is 0 Å². The van der Waals surface area contributed by atoms with Crippen LogP contribution in [0.1, 0.15) is 0 Å².